The van der Waals surface area contributed by atoms with E-state index >= 15 is 0 Å². The number of benzene rings is 1. The van der Waals surface area contributed by atoms with Gasteiger partial charge in [-0.05, 0) is 29.3 Å². The van der Waals surface area contributed by atoms with E-state index < -0.39 is 36.4 Å². The van der Waals surface area contributed by atoms with Gasteiger partial charge in [0.05, 0.1) is 19.8 Å². The number of pyridine rings is 1. The Labute approximate surface area is 261 Å². The predicted molar refractivity (Wildman–Crippen MR) is 142 cm³/mol. The summed E-state index contributed by atoms with van der Waals surface area (Å²) in [6.07, 6.45) is -11.1. The molecule has 0 unspecified atom stereocenters. The van der Waals surface area contributed by atoms with Gasteiger partial charge in [0.25, 0.3) is 0 Å². The molecule has 3 N–H and O–H groups in total. The average Bonchev–Trinajstić information content (AvgIpc) is 3.23. The largest absolute Gasteiger partial charge is 0.497 e. The van der Waals surface area contributed by atoms with Gasteiger partial charge in [0.1, 0.15) is 5.75 Å². The lowest BCUT2D eigenvalue weighted by Crippen LogP contribution is -2.32. The van der Waals surface area contributed by atoms with Crippen molar-refractivity contribution < 1.29 is 78.7 Å². The second-order valence-corrected chi connectivity index (χ2v) is 9.72. The lowest BCUT2D eigenvalue weighted by atomic mass is 10.1. The summed E-state index contributed by atoms with van der Waals surface area (Å²) in [5.41, 5.74) is 2.57. The minimum Gasteiger partial charge on any atom is -0.497 e. The molecule has 1 aromatic carbocycles. The van der Waals surface area contributed by atoms with Gasteiger partial charge in [0.2, 0.25) is 0 Å². The van der Waals surface area contributed by atoms with Gasteiger partial charge in [-0.25, -0.2) is 14.4 Å². The van der Waals surface area contributed by atoms with Gasteiger partial charge in [0.15, 0.2) is 0 Å². The summed E-state index contributed by atoms with van der Waals surface area (Å²) in [5, 5.41) is 21.4. The maximum absolute atomic E-state index is 10.6. The van der Waals surface area contributed by atoms with Crippen LogP contribution in [0.5, 0.6) is 5.75 Å². The van der Waals surface area contributed by atoms with E-state index in [0.29, 0.717) is 12.0 Å². The highest BCUT2D eigenvalue weighted by molar-refractivity contribution is 5.73. The molecule has 2 atom stereocenters. The fourth-order valence-electron chi connectivity index (χ4n) is 4.10. The van der Waals surface area contributed by atoms with E-state index in [-0.39, 0.29) is 0 Å². The number of halogens is 9. The molecule has 11 nitrogen and oxygen atoms in total. The van der Waals surface area contributed by atoms with Gasteiger partial charge in [0, 0.05) is 57.6 Å². The molecule has 20 heteroatoms. The summed E-state index contributed by atoms with van der Waals surface area (Å²) in [6, 6.07) is 12.5. The van der Waals surface area contributed by atoms with Crippen molar-refractivity contribution in [2.75, 3.05) is 39.9 Å². The highest BCUT2D eigenvalue weighted by Crippen LogP contribution is 2.26. The Kier molecular flexibility index (Phi) is 15.9. The number of rotatable bonds is 5. The van der Waals surface area contributed by atoms with E-state index in [1.54, 1.807) is 7.11 Å². The molecule has 0 spiro atoms. The number of carbonyl (C=O) groups is 3. The highest BCUT2D eigenvalue weighted by Gasteiger charge is 2.40. The molecule has 0 aliphatic carbocycles. The van der Waals surface area contributed by atoms with Crippen molar-refractivity contribution in [3.8, 4) is 5.75 Å². The van der Waals surface area contributed by atoms with Crippen LogP contribution in [0.1, 0.15) is 11.1 Å². The summed E-state index contributed by atoms with van der Waals surface area (Å²) >= 11 is 0. The molecular weight excluding hydrogens is 665 g/mol. The number of fused-ring (bicyclic) bond motifs is 1. The Bertz CT molecular complexity index is 1220. The minimum atomic E-state index is -5.08. The number of aromatic nitrogens is 1. The first-order valence-corrected chi connectivity index (χ1v) is 13.1. The lowest BCUT2D eigenvalue weighted by molar-refractivity contribution is -0.193. The zero-order valence-corrected chi connectivity index (χ0v) is 24.3. The molecule has 2 aromatic rings. The minimum absolute atomic E-state index is 0.347. The first kappa shape index (κ1) is 40.9. The molecule has 0 bridgehead atoms. The predicted octanol–water partition coefficient (Wildman–Crippen LogP) is 4.32. The molecule has 0 radical (unpaired) electrons. The van der Waals surface area contributed by atoms with E-state index in [1.165, 1.54) is 11.1 Å². The molecule has 47 heavy (non-hydrogen) atoms. The molecule has 264 valence electrons. The van der Waals surface area contributed by atoms with Crippen LogP contribution in [-0.2, 0) is 32.2 Å². The third-order valence-electron chi connectivity index (χ3n) is 6.09. The number of alkyl halides is 9. The molecule has 3 heterocycles. The van der Waals surface area contributed by atoms with E-state index in [2.05, 4.69) is 39.0 Å². The van der Waals surface area contributed by atoms with E-state index in [4.69, 9.17) is 39.2 Å². The second kappa shape index (κ2) is 18.2. The van der Waals surface area contributed by atoms with Crippen molar-refractivity contribution in [3.05, 3.63) is 59.9 Å². The van der Waals surface area contributed by atoms with E-state index in [1.807, 2.05) is 24.5 Å². The van der Waals surface area contributed by atoms with E-state index in [9.17, 15) is 39.5 Å². The standard InChI is InChI=1S/C21H27N3O2.3C2HF3O2/c1-25-20-6-2-4-17(10-20)12-24-15-19-14-23(8-9-26-21(19)16-24)13-18-5-3-7-22-11-18;3*3-2(4,5)1(6)7/h2-7,10-11,19,21H,8-9,12-16H2,1H3;3*(H,6,7)/t19-,21+;;;/m0.../s1. The van der Waals surface area contributed by atoms with Gasteiger partial charge in [-0.15, -0.1) is 0 Å². The molecule has 0 saturated carbocycles. The zero-order chi connectivity index (χ0) is 36.0. The van der Waals surface area contributed by atoms with Crippen molar-refractivity contribution >= 4 is 17.9 Å². The third-order valence-corrected chi connectivity index (χ3v) is 6.09. The maximum Gasteiger partial charge on any atom is 0.490 e. The lowest BCUT2D eigenvalue weighted by Gasteiger charge is -2.23. The Hall–Kier alpha value is -4.17. The summed E-state index contributed by atoms with van der Waals surface area (Å²) in [4.78, 5) is 35.9. The van der Waals surface area contributed by atoms with Gasteiger partial charge >= 0.3 is 36.4 Å². The normalized spacial score (nSPS) is 18.4. The van der Waals surface area contributed by atoms with Crippen LogP contribution >= 0.6 is 0 Å². The maximum atomic E-state index is 10.6. The summed E-state index contributed by atoms with van der Waals surface area (Å²) in [5.74, 6) is -6.78. The van der Waals surface area contributed by atoms with Crippen molar-refractivity contribution in [3.63, 3.8) is 0 Å². The Morgan fingerprint density at radius 1 is 0.809 bits per heavy atom. The van der Waals surface area contributed by atoms with Crippen LogP contribution in [0, 0.1) is 5.92 Å². The fraction of sp³-hybridized carbons (Fsp3) is 0.481. The summed E-state index contributed by atoms with van der Waals surface area (Å²) < 4.78 is 107. The van der Waals surface area contributed by atoms with Crippen LogP contribution in [0.3, 0.4) is 0 Å². The Morgan fingerprint density at radius 3 is 1.77 bits per heavy atom. The van der Waals surface area contributed by atoms with Crippen LogP contribution in [0.4, 0.5) is 39.5 Å². The zero-order valence-electron chi connectivity index (χ0n) is 24.3. The van der Waals surface area contributed by atoms with Crippen LogP contribution < -0.4 is 4.74 Å². The molecule has 1 aromatic heterocycles. The molecule has 2 fully saturated rings. The van der Waals surface area contributed by atoms with Crippen LogP contribution in [0.2, 0.25) is 0 Å². The van der Waals surface area contributed by atoms with Crippen molar-refractivity contribution in [2.24, 2.45) is 5.92 Å². The number of aliphatic carboxylic acids is 3. The molecular formula is C27H30F9N3O8. The first-order valence-electron chi connectivity index (χ1n) is 13.1. The van der Waals surface area contributed by atoms with Crippen LogP contribution in [0.15, 0.2) is 48.8 Å². The molecule has 2 aliphatic heterocycles. The van der Waals surface area contributed by atoms with Crippen LogP contribution in [-0.4, -0.2) is 113 Å². The quantitative estimate of drug-likeness (QED) is 0.384. The number of methoxy groups -OCH3 is 1. The van der Waals surface area contributed by atoms with Crippen molar-refractivity contribution in [1.82, 2.24) is 14.8 Å². The number of nitrogens with zero attached hydrogens (tertiary/aromatic N) is 3. The van der Waals surface area contributed by atoms with Gasteiger partial charge in [-0.3, -0.25) is 14.8 Å². The fourth-order valence-corrected chi connectivity index (χ4v) is 4.10. The number of hydrogen-bond donors (Lipinski definition) is 3. The van der Waals surface area contributed by atoms with Gasteiger partial charge < -0.3 is 24.8 Å². The second-order valence-electron chi connectivity index (χ2n) is 9.72. The molecule has 4 rings (SSSR count). The van der Waals surface area contributed by atoms with Gasteiger partial charge in [-0.2, -0.15) is 39.5 Å². The number of carboxylic acids is 3. The smallest absolute Gasteiger partial charge is 0.490 e. The summed E-state index contributed by atoms with van der Waals surface area (Å²) in [6.45, 7) is 6.92. The average molecular weight is 696 g/mol. The number of carboxylic acid groups (broad SMARTS) is 3. The number of hydrogen-bond acceptors (Lipinski definition) is 8. The number of likely N-dealkylation sites (tertiary alicyclic amines) is 1. The van der Waals surface area contributed by atoms with Crippen molar-refractivity contribution in [1.29, 1.82) is 0 Å². The topological polar surface area (TPSA) is 150 Å². The highest BCUT2D eigenvalue weighted by atomic mass is 19.4. The Balaban J connectivity index is 0.000000430. The molecule has 0 amide bonds. The molecule has 2 aliphatic rings. The Morgan fingerprint density at radius 2 is 1.30 bits per heavy atom. The van der Waals surface area contributed by atoms with Crippen LogP contribution in [0.25, 0.3) is 0 Å². The van der Waals surface area contributed by atoms with E-state index in [0.717, 1.165) is 51.6 Å². The monoisotopic (exact) mass is 695 g/mol. The first-order chi connectivity index (χ1) is 21.6. The molecule has 2 saturated heterocycles. The number of ether oxygens (including phenoxy) is 2. The third kappa shape index (κ3) is 16.3. The van der Waals surface area contributed by atoms with Gasteiger partial charge in [-0.1, -0.05) is 18.2 Å². The summed E-state index contributed by atoms with van der Waals surface area (Å²) in [7, 11) is 1.72. The van der Waals surface area contributed by atoms with Crippen molar-refractivity contribution in [2.45, 2.75) is 37.7 Å². The SMILES string of the molecule is COc1cccc(CN2C[C@@H]3CN(Cc4cccnc4)CCO[C@@H]3C2)c1.O=C(O)C(F)(F)F.O=C(O)C(F)(F)F.O=C(O)C(F)(F)F.